The second-order valence-corrected chi connectivity index (χ2v) is 5.15. The van der Waals surface area contributed by atoms with E-state index in [0.717, 1.165) is 0 Å². The number of methoxy groups -OCH3 is 1. The standard InChI is InChI=1S/C13H11BrClFN2O/c1-7-3-4-8(5-9(7)16)13-17-10(6-19-2)11(14)12(15)18-13/h3-5H,6H2,1-2H3. The molecule has 0 saturated carbocycles. The van der Waals surface area contributed by atoms with Crippen molar-refractivity contribution >= 4 is 27.5 Å². The average Bonchev–Trinajstić information content (AvgIpc) is 2.38. The van der Waals surface area contributed by atoms with E-state index in [-0.39, 0.29) is 11.0 Å². The molecule has 0 unspecified atom stereocenters. The molecule has 0 saturated heterocycles. The molecule has 0 N–H and O–H groups in total. The van der Waals surface area contributed by atoms with E-state index in [1.165, 1.54) is 6.07 Å². The van der Waals surface area contributed by atoms with Crippen molar-refractivity contribution in [2.75, 3.05) is 7.11 Å². The summed E-state index contributed by atoms with van der Waals surface area (Å²) in [4.78, 5) is 8.47. The zero-order valence-corrected chi connectivity index (χ0v) is 12.7. The first kappa shape index (κ1) is 14.4. The fourth-order valence-electron chi connectivity index (χ4n) is 1.56. The van der Waals surface area contributed by atoms with Crippen molar-refractivity contribution < 1.29 is 9.13 Å². The molecule has 2 rings (SSSR count). The minimum atomic E-state index is -0.298. The van der Waals surface area contributed by atoms with Crippen LogP contribution in [-0.4, -0.2) is 17.1 Å². The van der Waals surface area contributed by atoms with E-state index in [1.54, 1.807) is 26.2 Å². The van der Waals surface area contributed by atoms with Crippen molar-refractivity contribution in [1.29, 1.82) is 0 Å². The predicted octanol–water partition coefficient (Wildman–Crippen LogP) is 4.15. The summed E-state index contributed by atoms with van der Waals surface area (Å²) >= 11 is 9.33. The topological polar surface area (TPSA) is 35.0 Å². The van der Waals surface area contributed by atoms with Crippen molar-refractivity contribution in [1.82, 2.24) is 9.97 Å². The van der Waals surface area contributed by atoms with Crippen LogP contribution < -0.4 is 0 Å². The molecule has 1 aromatic heterocycles. The van der Waals surface area contributed by atoms with Crippen molar-refractivity contribution in [3.8, 4) is 11.4 Å². The van der Waals surface area contributed by atoms with Crippen molar-refractivity contribution in [2.24, 2.45) is 0 Å². The Hall–Kier alpha value is -1.04. The Morgan fingerprint density at radius 1 is 1.37 bits per heavy atom. The van der Waals surface area contributed by atoms with E-state index in [0.29, 0.717) is 33.7 Å². The molecular formula is C13H11BrClFN2O. The molecule has 0 aliphatic carbocycles. The van der Waals surface area contributed by atoms with Crippen LogP contribution in [0.2, 0.25) is 5.15 Å². The highest BCUT2D eigenvalue weighted by Crippen LogP contribution is 2.28. The molecule has 3 nitrogen and oxygen atoms in total. The number of nitrogens with zero attached hydrogens (tertiary/aromatic N) is 2. The van der Waals surface area contributed by atoms with Gasteiger partial charge in [0.1, 0.15) is 11.0 Å². The van der Waals surface area contributed by atoms with Crippen LogP contribution in [0.5, 0.6) is 0 Å². The third-order valence-corrected chi connectivity index (χ3v) is 3.93. The van der Waals surface area contributed by atoms with E-state index < -0.39 is 0 Å². The fourth-order valence-corrected chi connectivity index (χ4v) is 2.04. The van der Waals surface area contributed by atoms with Crippen LogP contribution >= 0.6 is 27.5 Å². The second-order valence-electron chi connectivity index (χ2n) is 4.00. The molecule has 100 valence electrons. The van der Waals surface area contributed by atoms with Crippen LogP contribution in [0.4, 0.5) is 4.39 Å². The number of halogens is 3. The largest absolute Gasteiger partial charge is 0.378 e. The van der Waals surface area contributed by atoms with Crippen LogP contribution in [0.1, 0.15) is 11.3 Å². The minimum Gasteiger partial charge on any atom is -0.378 e. The Labute approximate surface area is 123 Å². The highest BCUT2D eigenvalue weighted by Gasteiger charge is 2.13. The van der Waals surface area contributed by atoms with Crippen molar-refractivity contribution in [3.05, 3.63) is 44.9 Å². The van der Waals surface area contributed by atoms with Crippen LogP contribution in [0, 0.1) is 12.7 Å². The first-order valence-corrected chi connectivity index (χ1v) is 6.67. The summed E-state index contributed by atoms with van der Waals surface area (Å²) in [5.41, 5.74) is 1.78. The molecule has 0 bridgehead atoms. The Bertz CT molecular complexity index is 622. The Morgan fingerprint density at radius 2 is 2.11 bits per heavy atom. The molecule has 0 atom stereocenters. The van der Waals surface area contributed by atoms with Gasteiger partial charge < -0.3 is 4.74 Å². The first-order chi connectivity index (χ1) is 9.02. The van der Waals surface area contributed by atoms with Crippen LogP contribution in [-0.2, 0) is 11.3 Å². The lowest BCUT2D eigenvalue weighted by atomic mass is 10.1. The Morgan fingerprint density at radius 3 is 2.74 bits per heavy atom. The van der Waals surface area contributed by atoms with Crippen molar-refractivity contribution in [3.63, 3.8) is 0 Å². The lowest BCUT2D eigenvalue weighted by Crippen LogP contribution is -2.00. The maximum absolute atomic E-state index is 13.6. The molecule has 0 fully saturated rings. The van der Waals surface area contributed by atoms with Crippen LogP contribution in [0.25, 0.3) is 11.4 Å². The highest BCUT2D eigenvalue weighted by atomic mass is 79.9. The number of aryl methyl sites for hydroxylation is 1. The van der Waals surface area contributed by atoms with Gasteiger partial charge in [-0.15, -0.1) is 0 Å². The normalized spacial score (nSPS) is 10.8. The number of rotatable bonds is 3. The summed E-state index contributed by atoms with van der Waals surface area (Å²) in [7, 11) is 1.56. The Kier molecular flexibility index (Phi) is 4.50. The molecule has 2 aromatic rings. The molecular weight excluding hydrogens is 335 g/mol. The SMILES string of the molecule is COCc1nc(-c2ccc(C)c(F)c2)nc(Cl)c1Br. The van der Waals surface area contributed by atoms with E-state index >= 15 is 0 Å². The number of hydrogen-bond donors (Lipinski definition) is 0. The minimum absolute atomic E-state index is 0.276. The molecule has 0 aliphatic heterocycles. The first-order valence-electron chi connectivity index (χ1n) is 5.50. The van der Waals surface area contributed by atoms with Gasteiger partial charge in [0.2, 0.25) is 0 Å². The maximum atomic E-state index is 13.6. The molecule has 0 spiro atoms. The summed E-state index contributed by atoms with van der Waals surface area (Å²) in [6, 6.07) is 4.83. The lowest BCUT2D eigenvalue weighted by molar-refractivity contribution is 0.181. The molecule has 1 aromatic carbocycles. The monoisotopic (exact) mass is 344 g/mol. The summed E-state index contributed by atoms with van der Waals surface area (Å²) in [6.07, 6.45) is 0. The number of benzene rings is 1. The summed E-state index contributed by atoms with van der Waals surface area (Å²) in [5.74, 6) is 0.0765. The van der Waals surface area contributed by atoms with Crippen LogP contribution in [0.3, 0.4) is 0 Å². The molecule has 1 heterocycles. The van der Waals surface area contributed by atoms with E-state index in [9.17, 15) is 4.39 Å². The summed E-state index contributed by atoms with van der Waals surface area (Å²) < 4.78 is 19.2. The third kappa shape index (κ3) is 3.11. The molecule has 19 heavy (non-hydrogen) atoms. The van der Waals surface area contributed by atoms with Gasteiger partial charge >= 0.3 is 0 Å². The molecule has 0 aliphatic rings. The summed E-state index contributed by atoms with van der Waals surface area (Å²) in [6.45, 7) is 2.00. The predicted molar refractivity (Wildman–Crippen MR) is 75.6 cm³/mol. The van der Waals surface area contributed by atoms with Gasteiger partial charge in [-0.2, -0.15) is 0 Å². The van der Waals surface area contributed by atoms with Crippen molar-refractivity contribution in [2.45, 2.75) is 13.5 Å². The fraction of sp³-hybridized carbons (Fsp3) is 0.231. The average molecular weight is 346 g/mol. The highest BCUT2D eigenvalue weighted by molar-refractivity contribution is 9.10. The van der Waals surface area contributed by atoms with Gasteiger partial charge in [-0.3, -0.25) is 0 Å². The van der Waals surface area contributed by atoms with Gasteiger partial charge in [0.25, 0.3) is 0 Å². The van der Waals surface area contributed by atoms with Crippen LogP contribution in [0.15, 0.2) is 22.7 Å². The smallest absolute Gasteiger partial charge is 0.161 e. The Balaban J connectivity index is 2.52. The quantitative estimate of drug-likeness (QED) is 0.784. The van der Waals surface area contributed by atoms with E-state index in [2.05, 4.69) is 25.9 Å². The van der Waals surface area contributed by atoms with Gasteiger partial charge in [0, 0.05) is 12.7 Å². The number of aromatic nitrogens is 2. The maximum Gasteiger partial charge on any atom is 0.161 e. The van der Waals surface area contributed by atoms with E-state index in [1.807, 2.05) is 0 Å². The number of hydrogen-bond acceptors (Lipinski definition) is 3. The second kappa shape index (κ2) is 5.94. The molecule has 6 heteroatoms. The van der Waals surface area contributed by atoms with Gasteiger partial charge in [0.15, 0.2) is 5.82 Å². The summed E-state index contributed by atoms with van der Waals surface area (Å²) in [5, 5.41) is 0.276. The van der Waals surface area contributed by atoms with E-state index in [4.69, 9.17) is 16.3 Å². The third-order valence-electron chi connectivity index (χ3n) is 2.59. The van der Waals surface area contributed by atoms with Gasteiger partial charge in [-0.25, -0.2) is 14.4 Å². The van der Waals surface area contributed by atoms with Gasteiger partial charge in [0.05, 0.1) is 16.8 Å². The molecule has 0 radical (unpaired) electrons. The van der Waals surface area contributed by atoms with Gasteiger partial charge in [-0.1, -0.05) is 23.7 Å². The molecule has 0 amide bonds. The lowest BCUT2D eigenvalue weighted by Gasteiger charge is -2.08. The zero-order chi connectivity index (χ0) is 14.0. The van der Waals surface area contributed by atoms with Gasteiger partial charge in [-0.05, 0) is 34.5 Å². The zero-order valence-electron chi connectivity index (χ0n) is 10.4. The number of ether oxygens (including phenoxy) is 1.